The van der Waals surface area contributed by atoms with Gasteiger partial charge in [0.15, 0.2) is 0 Å². The van der Waals surface area contributed by atoms with Crippen molar-refractivity contribution in [3.63, 3.8) is 0 Å². The van der Waals surface area contributed by atoms with Crippen LogP contribution < -0.4 is 5.32 Å². The monoisotopic (exact) mass is 301 g/mol. The van der Waals surface area contributed by atoms with Gasteiger partial charge in [0.25, 0.3) is 0 Å². The van der Waals surface area contributed by atoms with E-state index in [0.29, 0.717) is 4.57 Å². The summed E-state index contributed by atoms with van der Waals surface area (Å²) in [5.74, 6) is -3.40. The van der Waals surface area contributed by atoms with E-state index in [0.717, 1.165) is 6.07 Å². The van der Waals surface area contributed by atoms with Crippen LogP contribution in [0.2, 0.25) is 0 Å². The number of hydrogen-bond donors (Lipinski definition) is 2. The number of hydrogen-bond acceptors (Lipinski definition) is 3. The SMILES string of the molecule is CNC(=O)Cn1c(C(F)(F)F)nc2cccc(C(=O)O)c21. The lowest BCUT2D eigenvalue weighted by Crippen LogP contribution is -2.26. The van der Waals surface area contributed by atoms with Crippen molar-refractivity contribution in [3.8, 4) is 0 Å². The molecule has 0 spiro atoms. The van der Waals surface area contributed by atoms with Gasteiger partial charge >= 0.3 is 12.1 Å². The molecule has 0 aliphatic heterocycles. The topological polar surface area (TPSA) is 84.2 Å². The number of aromatic carboxylic acids is 1. The fourth-order valence-electron chi connectivity index (χ4n) is 1.95. The molecule has 0 radical (unpaired) electrons. The zero-order chi connectivity index (χ0) is 15.8. The third kappa shape index (κ3) is 2.67. The van der Waals surface area contributed by atoms with E-state index in [1.54, 1.807) is 0 Å². The molecule has 21 heavy (non-hydrogen) atoms. The van der Waals surface area contributed by atoms with Crippen LogP contribution in [0.25, 0.3) is 11.0 Å². The zero-order valence-electron chi connectivity index (χ0n) is 10.7. The quantitative estimate of drug-likeness (QED) is 0.900. The Balaban J connectivity index is 2.80. The van der Waals surface area contributed by atoms with Gasteiger partial charge in [0, 0.05) is 7.05 Å². The van der Waals surface area contributed by atoms with E-state index in [9.17, 15) is 22.8 Å². The molecule has 0 unspecified atom stereocenters. The number of carboxylic acids is 1. The summed E-state index contributed by atoms with van der Waals surface area (Å²) in [6.07, 6.45) is -4.80. The number of rotatable bonds is 3. The number of benzene rings is 1. The van der Waals surface area contributed by atoms with Gasteiger partial charge in [0.2, 0.25) is 11.7 Å². The van der Waals surface area contributed by atoms with Gasteiger partial charge in [-0.2, -0.15) is 13.2 Å². The predicted octanol–water partition coefficient (Wildman–Crippen LogP) is 1.50. The van der Waals surface area contributed by atoms with Crippen LogP contribution in [0.5, 0.6) is 0 Å². The van der Waals surface area contributed by atoms with Gasteiger partial charge in [-0.05, 0) is 12.1 Å². The zero-order valence-corrected chi connectivity index (χ0v) is 10.7. The normalized spacial score (nSPS) is 11.6. The van der Waals surface area contributed by atoms with Crippen molar-refractivity contribution in [2.75, 3.05) is 7.05 Å². The molecule has 0 aliphatic rings. The first-order chi connectivity index (χ1) is 9.75. The Bertz CT molecular complexity index is 722. The summed E-state index contributed by atoms with van der Waals surface area (Å²) < 4.78 is 39.6. The highest BCUT2D eigenvalue weighted by Crippen LogP contribution is 2.32. The van der Waals surface area contributed by atoms with Crippen molar-refractivity contribution >= 4 is 22.9 Å². The summed E-state index contributed by atoms with van der Waals surface area (Å²) in [7, 11) is 1.27. The number of para-hydroxylation sites is 1. The lowest BCUT2D eigenvalue weighted by Gasteiger charge is -2.11. The summed E-state index contributed by atoms with van der Waals surface area (Å²) in [6.45, 7) is -0.674. The van der Waals surface area contributed by atoms with Crippen LogP contribution in [0.4, 0.5) is 13.2 Å². The molecule has 112 valence electrons. The van der Waals surface area contributed by atoms with Gasteiger partial charge in [-0.3, -0.25) is 4.79 Å². The van der Waals surface area contributed by atoms with Crippen LogP contribution in [-0.2, 0) is 17.5 Å². The van der Waals surface area contributed by atoms with E-state index < -0.39 is 30.4 Å². The molecule has 6 nitrogen and oxygen atoms in total. The Morgan fingerprint density at radius 2 is 2.05 bits per heavy atom. The van der Waals surface area contributed by atoms with E-state index in [1.165, 1.54) is 19.2 Å². The molecule has 0 bridgehead atoms. The third-order valence-corrected chi connectivity index (χ3v) is 2.83. The number of alkyl halides is 3. The number of likely N-dealkylation sites (N-methyl/N-ethyl adjacent to an activating group) is 1. The van der Waals surface area contributed by atoms with Crippen molar-refractivity contribution in [3.05, 3.63) is 29.6 Å². The molecule has 1 heterocycles. The number of nitrogens with zero attached hydrogens (tertiary/aromatic N) is 2. The Morgan fingerprint density at radius 3 is 2.57 bits per heavy atom. The van der Waals surface area contributed by atoms with Crippen LogP contribution in [-0.4, -0.2) is 33.6 Å². The highest BCUT2D eigenvalue weighted by molar-refractivity contribution is 6.01. The molecule has 9 heteroatoms. The first-order valence-corrected chi connectivity index (χ1v) is 5.76. The molecule has 1 aromatic carbocycles. The molecule has 0 aliphatic carbocycles. The van der Waals surface area contributed by atoms with Gasteiger partial charge in [0.1, 0.15) is 6.54 Å². The first-order valence-electron chi connectivity index (χ1n) is 5.76. The number of amides is 1. The maximum absolute atomic E-state index is 13.0. The summed E-state index contributed by atoms with van der Waals surface area (Å²) in [4.78, 5) is 26.0. The predicted molar refractivity (Wildman–Crippen MR) is 65.8 cm³/mol. The Labute approximate surface area is 116 Å². The van der Waals surface area contributed by atoms with E-state index in [-0.39, 0.29) is 16.6 Å². The lowest BCUT2D eigenvalue weighted by atomic mass is 10.2. The molecule has 0 saturated carbocycles. The van der Waals surface area contributed by atoms with Crippen molar-refractivity contribution in [2.24, 2.45) is 0 Å². The number of carbonyl (C=O) groups excluding carboxylic acids is 1. The highest BCUT2D eigenvalue weighted by atomic mass is 19.4. The third-order valence-electron chi connectivity index (χ3n) is 2.83. The number of carbonyl (C=O) groups is 2. The van der Waals surface area contributed by atoms with E-state index in [4.69, 9.17) is 5.11 Å². The van der Waals surface area contributed by atoms with Gasteiger partial charge < -0.3 is 15.0 Å². The van der Waals surface area contributed by atoms with E-state index in [2.05, 4.69) is 10.3 Å². The Morgan fingerprint density at radius 1 is 1.38 bits per heavy atom. The van der Waals surface area contributed by atoms with Crippen LogP contribution >= 0.6 is 0 Å². The first kappa shape index (κ1) is 14.8. The largest absolute Gasteiger partial charge is 0.478 e. The molecule has 0 fully saturated rings. The Kier molecular flexibility index (Phi) is 3.58. The van der Waals surface area contributed by atoms with Crippen molar-refractivity contribution in [1.82, 2.24) is 14.9 Å². The van der Waals surface area contributed by atoms with Gasteiger partial charge in [-0.1, -0.05) is 6.07 Å². The number of nitrogens with one attached hydrogen (secondary N) is 1. The number of fused-ring (bicyclic) bond motifs is 1. The molecule has 2 aromatic rings. The molecule has 1 amide bonds. The van der Waals surface area contributed by atoms with Gasteiger partial charge in [-0.25, -0.2) is 9.78 Å². The molecular weight excluding hydrogens is 291 g/mol. The van der Waals surface area contributed by atoms with E-state index in [1.807, 2.05) is 0 Å². The smallest absolute Gasteiger partial charge is 0.449 e. The van der Waals surface area contributed by atoms with Crippen LogP contribution in [0.15, 0.2) is 18.2 Å². The highest BCUT2D eigenvalue weighted by Gasteiger charge is 2.38. The molecule has 0 atom stereocenters. The standard InChI is InChI=1S/C12H10F3N3O3/c1-16-8(19)5-18-9-6(10(20)21)3-2-4-7(9)17-11(18)12(13,14)15/h2-4H,5H2,1H3,(H,16,19)(H,20,21). The fraction of sp³-hybridized carbons (Fsp3) is 0.250. The maximum atomic E-state index is 13.0. The van der Waals surface area contributed by atoms with Gasteiger partial charge in [-0.15, -0.1) is 0 Å². The summed E-state index contributed by atoms with van der Waals surface area (Å²) in [5.41, 5.74) is -0.716. The summed E-state index contributed by atoms with van der Waals surface area (Å²) in [5, 5.41) is 11.3. The molecule has 1 aromatic heterocycles. The fourth-order valence-corrected chi connectivity index (χ4v) is 1.95. The lowest BCUT2D eigenvalue weighted by molar-refractivity contribution is -0.147. The van der Waals surface area contributed by atoms with Gasteiger partial charge in [0.05, 0.1) is 16.6 Å². The van der Waals surface area contributed by atoms with E-state index >= 15 is 0 Å². The number of carboxylic acid groups (broad SMARTS) is 1. The second-order valence-electron chi connectivity index (χ2n) is 4.17. The maximum Gasteiger partial charge on any atom is 0.449 e. The minimum absolute atomic E-state index is 0.133. The number of aromatic nitrogens is 2. The average Bonchev–Trinajstić information content (AvgIpc) is 2.77. The van der Waals surface area contributed by atoms with Crippen LogP contribution in [0, 0.1) is 0 Å². The molecule has 2 N–H and O–H groups in total. The average molecular weight is 301 g/mol. The number of imidazole rings is 1. The molecular formula is C12H10F3N3O3. The van der Waals surface area contributed by atoms with Crippen molar-refractivity contribution in [2.45, 2.75) is 12.7 Å². The summed E-state index contributed by atoms with van der Waals surface area (Å²) in [6, 6.07) is 3.72. The minimum Gasteiger partial charge on any atom is -0.478 e. The second kappa shape index (κ2) is 5.08. The van der Waals surface area contributed by atoms with Crippen molar-refractivity contribution < 1.29 is 27.9 Å². The number of halogens is 3. The minimum atomic E-state index is -4.80. The van der Waals surface area contributed by atoms with Crippen LogP contribution in [0.3, 0.4) is 0 Å². The summed E-state index contributed by atoms with van der Waals surface area (Å²) >= 11 is 0. The second-order valence-corrected chi connectivity index (χ2v) is 4.17. The Hall–Kier alpha value is -2.58. The molecule has 0 saturated heterocycles. The van der Waals surface area contributed by atoms with Crippen molar-refractivity contribution in [1.29, 1.82) is 0 Å². The van der Waals surface area contributed by atoms with Crippen LogP contribution in [0.1, 0.15) is 16.2 Å². The molecule has 2 rings (SSSR count).